The van der Waals surface area contributed by atoms with Crippen LogP contribution in [0.15, 0.2) is 59.1 Å². The standard InChI is InChI=1S/C18H14BrN/c19-13-10-11-18-16(12-13)15-8-4-5-9-17(15)20(18)14-6-2-1-3-7-14/h1-4,6-8,10-12H,5,9H2. The zero-order valence-corrected chi connectivity index (χ0v) is 12.6. The first-order valence-electron chi connectivity index (χ1n) is 6.89. The van der Waals surface area contributed by atoms with E-state index in [1.54, 1.807) is 0 Å². The second-order valence-electron chi connectivity index (χ2n) is 5.13. The molecule has 1 nitrogen and oxygen atoms in total. The molecule has 1 heterocycles. The van der Waals surface area contributed by atoms with Crippen molar-refractivity contribution < 1.29 is 0 Å². The van der Waals surface area contributed by atoms with Gasteiger partial charge in [0.25, 0.3) is 0 Å². The normalized spacial score (nSPS) is 13.7. The first-order valence-corrected chi connectivity index (χ1v) is 7.69. The molecule has 0 radical (unpaired) electrons. The van der Waals surface area contributed by atoms with Crippen molar-refractivity contribution in [1.29, 1.82) is 0 Å². The Kier molecular flexibility index (Phi) is 2.78. The third-order valence-electron chi connectivity index (χ3n) is 3.92. The number of para-hydroxylation sites is 1. The minimum atomic E-state index is 1.10. The van der Waals surface area contributed by atoms with Crippen LogP contribution in [0.2, 0.25) is 0 Å². The zero-order valence-electron chi connectivity index (χ0n) is 11.0. The number of fused-ring (bicyclic) bond motifs is 3. The largest absolute Gasteiger partial charge is 0.313 e. The second kappa shape index (κ2) is 4.64. The Morgan fingerprint density at radius 3 is 2.70 bits per heavy atom. The van der Waals surface area contributed by atoms with Crippen LogP contribution < -0.4 is 0 Å². The molecule has 0 saturated heterocycles. The minimum absolute atomic E-state index is 1.10. The monoisotopic (exact) mass is 323 g/mol. The molecule has 3 aromatic rings. The van der Waals surface area contributed by atoms with Crippen molar-refractivity contribution in [2.45, 2.75) is 12.8 Å². The molecule has 0 unspecified atom stereocenters. The molecule has 98 valence electrons. The molecule has 0 aliphatic heterocycles. The predicted octanol–water partition coefficient (Wildman–Crippen LogP) is 5.35. The van der Waals surface area contributed by atoms with Gasteiger partial charge in [-0.15, -0.1) is 0 Å². The molecule has 0 spiro atoms. The number of hydrogen-bond donors (Lipinski definition) is 0. The third kappa shape index (κ3) is 1.75. The number of nitrogens with zero attached hydrogens (tertiary/aromatic N) is 1. The van der Waals surface area contributed by atoms with E-state index in [-0.39, 0.29) is 0 Å². The van der Waals surface area contributed by atoms with Gasteiger partial charge in [0, 0.05) is 26.8 Å². The van der Waals surface area contributed by atoms with Crippen LogP contribution in [0, 0.1) is 0 Å². The molecule has 1 aliphatic carbocycles. The topological polar surface area (TPSA) is 4.93 Å². The van der Waals surface area contributed by atoms with Crippen LogP contribution >= 0.6 is 15.9 Å². The van der Waals surface area contributed by atoms with Crippen molar-refractivity contribution in [2.75, 3.05) is 0 Å². The number of benzene rings is 2. The van der Waals surface area contributed by atoms with E-state index in [9.17, 15) is 0 Å². The van der Waals surface area contributed by atoms with E-state index in [0.717, 1.165) is 17.3 Å². The van der Waals surface area contributed by atoms with Gasteiger partial charge in [-0.1, -0.05) is 46.3 Å². The molecule has 20 heavy (non-hydrogen) atoms. The van der Waals surface area contributed by atoms with Gasteiger partial charge in [-0.3, -0.25) is 0 Å². The lowest BCUT2D eigenvalue weighted by Gasteiger charge is -2.13. The van der Waals surface area contributed by atoms with Crippen LogP contribution in [0.3, 0.4) is 0 Å². The van der Waals surface area contributed by atoms with E-state index in [1.807, 2.05) is 0 Å². The Hall–Kier alpha value is -1.80. The Bertz CT molecular complexity index is 812. The van der Waals surface area contributed by atoms with Crippen molar-refractivity contribution in [3.05, 3.63) is 70.3 Å². The Labute approximate surface area is 126 Å². The fourth-order valence-electron chi connectivity index (χ4n) is 3.07. The maximum Gasteiger partial charge on any atom is 0.0538 e. The fourth-order valence-corrected chi connectivity index (χ4v) is 3.43. The van der Waals surface area contributed by atoms with E-state index >= 15 is 0 Å². The summed E-state index contributed by atoms with van der Waals surface area (Å²) < 4.78 is 3.54. The highest BCUT2D eigenvalue weighted by Crippen LogP contribution is 2.35. The smallest absolute Gasteiger partial charge is 0.0538 e. The molecular formula is C18H14BrN. The van der Waals surface area contributed by atoms with Crippen LogP contribution in [0.5, 0.6) is 0 Å². The maximum absolute atomic E-state index is 3.59. The minimum Gasteiger partial charge on any atom is -0.313 e. The highest BCUT2D eigenvalue weighted by Gasteiger charge is 2.18. The van der Waals surface area contributed by atoms with Crippen LogP contribution in [-0.2, 0) is 6.42 Å². The number of halogens is 1. The van der Waals surface area contributed by atoms with Gasteiger partial charge < -0.3 is 4.57 Å². The van der Waals surface area contributed by atoms with Gasteiger partial charge >= 0.3 is 0 Å². The quantitative estimate of drug-likeness (QED) is 0.568. The highest BCUT2D eigenvalue weighted by molar-refractivity contribution is 9.10. The van der Waals surface area contributed by atoms with Gasteiger partial charge in [-0.2, -0.15) is 0 Å². The van der Waals surface area contributed by atoms with Crippen LogP contribution in [0.1, 0.15) is 17.7 Å². The predicted molar refractivity (Wildman–Crippen MR) is 88.3 cm³/mol. The number of rotatable bonds is 1. The summed E-state index contributed by atoms with van der Waals surface area (Å²) in [6.45, 7) is 0. The van der Waals surface area contributed by atoms with Crippen molar-refractivity contribution in [3.8, 4) is 5.69 Å². The first kappa shape index (κ1) is 12.0. The Balaban J connectivity index is 2.13. The zero-order chi connectivity index (χ0) is 13.5. The third-order valence-corrected chi connectivity index (χ3v) is 4.41. The number of hydrogen-bond acceptors (Lipinski definition) is 0. The Morgan fingerprint density at radius 2 is 1.85 bits per heavy atom. The second-order valence-corrected chi connectivity index (χ2v) is 6.05. The van der Waals surface area contributed by atoms with Crippen molar-refractivity contribution >= 4 is 32.9 Å². The lowest BCUT2D eigenvalue weighted by Crippen LogP contribution is -2.02. The van der Waals surface area contributed by atoms with E-state index in [2.05, 4.69) is 81.2 Å². The SMILES string of the molecule is Brc1ccc2c(c1)c1c(n2-c2ccccc2)CCC=C1. The molecule has 2 heteroatoms. The van der Waals surface area contributed by atoms with Gasteiger partial charge in [0.05, 0.1) is 5.52 Å². The summed E-state index contributed by atoms with van der Waals surface area (Å²) in [5.74, 6) is 0. The summed E-state index contributed by atoms with van der Waals surface area (Å²) in [6, 6.07) is 17.2. The number of aromatic nitrogens is 1. The van der Waals surface area contributed by atoms with Gasteiger partial charge in [-0.25, -0.2) is 0 Å². The van der Waals surface area contributed by atoms with E-state index in [0.29, 0.717) is 0 Å². The summed E-state index contributed by atoms with van der Waals surface area (Å²) in [5.41, 5.74) is 5.33. The Morgan fingerprint density at radius 1 is 1.00 bits per heavy atom. The molecule has 0 fully saturated rings. The van der Waals surface area contributed by atoms with Crippen LogP contribution in [0.4, 0.5) is 0 Å². The summed E-state index contributed by atoms with van der Waals surface area (Å²) in [6.07, 6.45) is 6.77. The fraction of sp³-hybridized carbons (Fsp3) is 0.111. The molecule has 1 aliphatic rings. The van der Waals surface area contributed by atoms with Crippen LogP contribution in [0.25, 0.3) is 22.7 Å². The van der Waals surface area contributed by atoms with Crippen molar-refractivity contribution in [1.82, 2.24) is 4.57 Å². The molecule has 0 saturated carbocycles. The summed E-state index contributed by atoms with van der Waals surface area (Å²) >= 11 is 3.59. The molecule has 0 amide bonds. The van der Waals surface area contributed by atoms with E-state index < -0.39 is 0 Å². The maximum atomic E-state index is 3.59. The lowest BCUT2D eigenvalue weighted by molar-refractivity contribution is 0.888. The van der Waals surface area contributed by atoms with Crippen LogP contribution in [-0.4, -0.2) is 4.57 Å². The van der Waals surface area contributed by atoms with Gasteiger partial charge in [0.1, 0.15) is 0 Å². The molecule has 1 aromatic heterocycles. The van der Waals surface area contributed by atoms with Gasteiger partial charge in [-0.05, 0) is 43.2 Å². The van der Waals surface area contributed by atoms with Crippen molar-refractivity contribution in [2.24, 2.45) is 0 Å². The number of allylic oxidation sites excluding steroid dienone is 1. The summed E-state index contributed by atoms with van der Waals surface area (Å²) in [7, 11) is 0. The molecule has 0 atom stereocenters. The summed E-state index contributed by atoms with van der Waals surface area (Å²) in [4.78, 5) is 0. The van der Waals surface area contributed by atoms with E-state index in [1.165, 1.54) is 27.8 Å². The highest BCUT2D eigenvalue weighted by atomic mass is 79.9. The first-order chi connectivity index (χ1) is 9.84. The van der Waals surface area contributed by atoms with Gasteiger partial charge in [0.15, 0.2) is 0 Å². The van der Waals surface area contributed by atoms with Crippen molar-refractivity contribution in [3.63, 3.8) is 0 Å². The average Bonchev–Trinajstić information content (AvgIpc) is 2.82. The molecule has 0 N–H and O–H groups in total. The average molecular weight is 324 g/mol. The lowest BCUT2D eigenvalue weighted by atomic mass is 10.0. The molecule has 2 aromatic carbocycles. The van der Waals surface area contributed by atoms with E-state index in [4.69, 9.17) is 0 Å². The summed E-state index contributed by atoms with van der Waals surface area (Å²) in [5, 5.41) is 1.33. The molecule has 0 bridgehead atoms. The molecule has 4 rings (SSSR count). The molecular weight excluding hydrogens is 310 g/mol. The van der Waals surface area contributed by atoms with Gasteiger partial charge in [0.2, 0.25) is 0 Å².